The first-order valence-corrected chi connectivity index (χ1v) is 6.94. The summed E-state index contributed by atoms with van der Waals surface area (Å²) in [6.07, 6.45) is 7.80. The van der Waals surface area contributed by atoms with Crippen molar-refractivity contribution < 1.29 is 9.59 Å². The molecule has 3 heteroatoms. The van der Waals surface area contributed by atoms with Crippen LogP contribution in [0.4, 0.5) is 0 Å². The number of piperidine rings is 1. The average molecular weight is 263 g/mol. The van der Waals surface area contributed by atoms with Crippen LogP contribution in [0.3, 0.4) is 0 Å². The van der Waals surface area contributed by atoms with Crippen molar-refractivity contribution in [3.8, 4) is 0 Å². The van der Waals surface area contributed by atoms with Gasteiger partial charge < -0.3 is 0 Å². The second-order valence-electron chi connectivity index (χ2n) is 4.13. The minimum absolute atomic E-state index is 0.189. The fraction of sp³-hybridized carbons (Fsp3) is 0.500. The van der Waals surface area contributed by atoms with E-state index in [1.54, 1.807) is 0 Å². The van der Waals surface area contributed by atoms with Gasteiger partial charge in [-0.05, 0) is 25.3 Å². The van der Waals surface area contributed by atoms with Crippen molar-refractivity contribution in [3.05, 3.63) is 36.0 Å². The summed E-state index contributed by atoms with van der Waals surface area (Å²) in [5, 5.41) is 2.34. The molecular weight excluding hydrogens is 238 g/mol. The van der Waals surface area contributed by atoms with Gasteiger partial charge in [0.2, 0.25) is 11.8 Å². The number of carbonyl (C=O) groups is 2. The van der Waals surface area contributed by atoms with Gasteiger partial charge in [0.25, 0.3) is 0 Å². The molecule has 2 amide bonds. The summed E-state index contributed by atoms with van der Waals surface area (Å²) in [6, 6.07) is 0. The zero-order valence-electron chi connectivity index (χ0n) is 12.5. The number of rotatable bonds is 4. The molecule has 1 rings (SSSR count). The fourth-order valence-corrected chi connectivity index (χ4v) is 1.80. The van der Waals surface area contributed by atoms with Crippen molar-refractivity contribution in [2.45, 2.75) is 47.0 Å². The predicted molar refractivity (Wildman–Crippen MR) is 79.5 cm³/mol. The summed E-state index contributed by atoms with van der Waals surface area (Å²) in [5.74, 6) is -0.681. The van der Waals surface area contributed by atoms with Crippen molar-refractivity contribution in [2.75, 3.05) is 0 Å². The lowest BCUT2D eigenvalue weighted by molar-refractivity contribution is -0.135. The molecule has 1 aliphatic heterocycles. The van der Waals surface area contributed by atoms with E-state index in [1.807, 2.05) is 39.0 Å². The van der Waals surface area contributed by atoms with Gasteiger partial charge >= 0.3 is 0 Å². The summed E-state index contributed by atoms with van der Waals surface area (Å²) >= 11 is 0. The van der Waals surface area contributed by atoms with Crippen LogP contribution in [-0.2, 0) is 9.59 Å². The average Bonchev–Trinajstić information content (AvgIpc) is 2.42. The minimum atomic E-state index is -0.265. The van der Waals surface area contributed by atoms with Crippen LogP contribution in [0.15, 0.2) is 36.0 Å². The molecule has 0 radical (unpaired) electrons. The normalized spacial score (nSPS) is 19.8. The lowest BCUT2D eigenvalue weighted by atomic mass is 9.90. The number of hydrogen-bond acceptors (Lipinski definition) is 2. The van der Waals surface area contributed by atoms with Crippen LogP contribution in [0.2, 0.25) is 0 Å². The third-order valence-corrected chi connectivity index (χ3v) is 2.98. The summed E-state index contributed by atoms with van der Waals surface area (Å²) < 4.78 is 0. The van der Waals surface area contributed by atoms with Crippen LogP contribution in [0.25, 0.3) is 0 Å². The topological polar surface area (TPSA) is 46.2 Å². The molecule has 1 atom stereocenters. The molecule has 1 heterocycles. The second-order valence-corrected chi connectivity index (χ2v) is 4.13. The Balaban J connectivity index is 0.00000154. The highest BCUT2D eigenvalue weighted by Crippen LogP contribution is 2.21. The quantitative estimate of drug-likeness (QED) is 0.623. The maximum atomic E-state index is 11.6. The van der Waals surface area contributed by atoms with E-state index in [-0.39, 0.29) is 17.7 Å². The van der Waals surface area contributed by atoms with Crippen molar-refractivity contribution in [1.82, 2.24) is 5.32 Å². The minimum Gasteiger partial charge on any atom is -0.296 e. The van der Waals surface area contributed by atoms with Gasteiger partial charge in [-0.1, -0.05) is 51.2 Å². The molecular formula is C16H25NO2. The van der Waals surface area contributed by atoms with Crippen LogP contribution < -0.4 is 5.32 Å². The van der Waals surface area contributed by atoms with Crippen LogP contribution in [-0.4, -0.2) is 11.8 Å². The standard InChI is InChI=1S/C14H19NO2.C2H6/c1-4-11(5-2)7-6-10(3)12-8-9-13(16)15-14(12)17;1-2/h4,6-7,12H,3,5,8-9H2,1-2H3,(H,15,16,17);1-2H3/b7-6-,11-4-;. The molecule has 1 fully saturated rings. The Kier molecular flexibility index (Phi) is 8.51. The Morgan fingerprint density at radius 2 is 2.00 bits per heavy atom. The molecule has 0 saturated carbocycles. The highest BCUT2D eigenvalue weighted by molar-refractivity contribution is 6.00. The maximum Gasteiger partial charge on any atom is 0.234 e. The van der Waals surface area contributed by atoms with E-state index in [2.05, 4.69) is 18.8 Å². The molecule has 0 aliphatic carbocycles. The number of imide groups is 1. The summed E-state index contributed by atoms with van der Waals surface area (Å²) in [7, 11) is 0. The first-order valence-electron chi connectivity index (χ1n) is 6.94. The van der Waals surface area contributed by atoms with E-state index in [4.69, 9.17) is 0 Å². The summed E-state index contributed by atoms with van der Waals surface area (Å²) in [5.41, 5.74) is 1.97. The second kappa shape index (κ2) is 9.31. The molecule has 1 unspecified atom stereocenters. The third kappa shape index (κ3) is 5.69. The smallest absolute Gasteiger partial charge is 0.234 e. The number of allylic oxidation sites excluding steroid dienone is 4. The van der Waals surface area contributed by atoms with Crippen molar-refractivity contribution in [3.63, 3.8) is 0 Å². The zero-order valence-corrected chi connectivity index (χ0v) is 12.5. The van der Waals surface area contributed by atoms with E-state index in [9.17, 15) is 9.59 Å². The SMILES string of the molecule is C=C(/C=C\C(=C/C)CC)C1CCC(=O)NC1=O.CC. The lowest BCUT2D eigenvalue weighted by Gasteiger charge is -2.21. The number of carbonyl (C=O) groups excluding carboxylic acids is 2. The van der Waals surface area contributed by atoms with Crippen LogP contribution in [0, 0.1) is 5.92 Å². The van der Waals surface area contributed by atoms with Crippen molar-refractivity contribution in [2.24, 2.45) is 5.92 Å². The van der Waals surface area contributed by atoms with Gasteiger partial charge in [0.05, 0.1) is 5.92 Å². The molecule has 0 spiro atoms. The Hall–Kier alpha value is -1.64. The largest absolute Gasteiger partial charge is 0.296 e. The van der Waals surface area contributed by atoms with Crippen LogP contribution >= 0.6 is 0 Å². The molecule has 3 nitrogen and oxygen atoms in total. The molecule has 1 aliphatic rings. The Morgan fingerprint density at radius 1 is 1.37 bits per heavy atom. The first-order chi connectivity index (χ1) is 9.08. The summed E-state index contributed by atoms with van der Waals surface area (Å²) in [4.78, 5) is 22.6. The number of nitrogens with one attached hydrogen (secondary N) is 1. The van der Waals surface area contributed by atoms with E-state index in [0.717, 1.165) is 12.0 Å². The number of hydrogen-bond donors (Lipinski definition) is 1. The molecule has 0 aromatic heterocycles. The zero-order chi connectivity index (χ0) is 14.8. The monoisotopic (exact) mass is 263 g/mol. The maximum absolute atomic E-state index is 11.6. The van der Waals surface area contributed by atoms with E-state index < -0.39 is 0 Å². The molecule has 106 valence electrons. The Morgan fingerprint density at radius 3 is 2.47 bits per heavy atom. The Labute approximate surface area is 116 Å². The van der Waals surface area contributed by atoms with Crippen molar-refractivity contribution >= 4 is 11.8 Å². The third-order valence-electron chi connectivity index (χ3n) is 2.98. The van der Waals surface area contributed by atoms with Gasteiger partial charge in [-0.2, -0.15) is 0 Å². The number of amides is 2. The van der Waals surface area contributed by atoms with E-state index in [1.165, 1.54) is 5.57 Å². The molecule has 0 aromatic rings. The highest BCUT2D eigenvalue weighted by Gasteiger charge is 2.27. The lowest BCUT2D eigenvalue weighted by Crippen LogP contribution is -2.41. The Bertz CT molecular complexity index is 392. The predicted octanol–water partition coefficient (Wildman–Crippen LogP) is 3.53. The molecule has 0 aromatic carbocycles. The van der Waals surface area contributed by atoms with Gasteiger partial charge in [0, 0.05) is 6.42 Å². The van der Waals surface area contributed by atoms with Crippen LogP contribution in [0.1, 0.15) is 47.0 Å². The first kappa shape index (κ1) is 17.4. The fourth-order valence-electron chi connectivity index (χ4n) is 1.80. The molecule has 1 saturated heterocycles. The molecule has 19 heavy (non-hydrogen) atoms. The van der Waals surface area contributed by atoms with Crippen LogP contribution in [0.5, 0.6) is 0 Å². The van der Waals surface area contributed by atoms with Gasteiger partial charge in [0.15, 0.2) is 0 Å². The van der Waals surface area contributed by atoms with Crippen molar-refractivity contribution in [1.29, 1.82) is 0 Å². The van der Waals surface area contributed by atoms with E-state index in [0.29, 0.717) is 12.8 Å². The van der Waals surface area contributed by atoms with Gasteiger partial charge in [-0.15, -0.1) is 0 Å². The molecule has 1 N–H and O–H groups in total. The van der Waals surface area contributed by atoms with E-state index >= 15 is 0 Å². The highest BCUT2D eigenvalue weighted by atomic mass is 16.2. The summed E-state index contributed by atoms with van der Waals surface area (Å²) in [6.45, 7) is 12.0. The molecule has 0 bridgehead atoms. The van der Waals surface area contributed by atoms with Gasteiger partial charge in [-0.3, -0.25) is 14.9 Å². The van der Waals surface area contributed by atoms with Gasteiger partial charge in [-0.25, -0.2) is 0 Å². The van der Waals surface area contributed by atoms with Gasteiger partial charge in [0.1, 0.15) is 0 Å².